The summed E-state index contributed by atoms with van der Waals surface area (Å²) < 4.78 is 13.2. The summed E-state index contributed by atoms with van der Waals surface area (Å²) in [4.78, 5) is 12.4. The molecule has 4 N–H and O–H groups in total. The first-order chi connectivity index (χ1) is 16.5. The van der Waals surface area contributed by atoms with Crippen molar-refractivity contribution in [3.05, 3.63) is 80.7 Å². The van der Waals surface area contributed by atoms with E-state index in [4.69, 9.17) is 28.9 Å². The third kappa shape index (κ3) is 6.17. The summed E-state index contributed by atoms with van der Waals surface area (Å²) >= 11 is 12.5. The van der Waals surface area contributed by atoms with Gasteiger partial charge in [0, 0.05) is 41.5 Å². The maximum atomic E-state index is 13.2. The molecule has 6 nitrogen and oxygen atoms in total. The van der Waals surface area contributed by atoms with Crippen molar-refractivity contribution in [1.29, 1.82) is 0 Å². The fraction of sp³-hybridized carbons (Fsp3) is 0.269. The standard InChI is InChI=1S/C26H28Cl2FN5O/c1-13-9-21(34-25(15(13)3)20-6-7-31-26(28)23(20)27)22(35)12-32-16(4)18-8-14(2)24(30)19(10-18)11-33-17(5)29/h6-11,17,22,32,35H,4,12,30H2,1-3,5H3/b33-11+. The van der Waals surface area contributed by atoms with Crippen LogP contribution in [-0.2, 0) is 0 Å². The predicted molar refractivity (Wildman–Crippen MR) is 143 cm³/mol. The number of hydrogen-bond acceptors (Lipinski definition) is 6. The van der Waals surface area contributed by atoms with E-state index in [-0.39, 0.29) is 11.7 Å². The van der Waals surface area contributed by atoms with Crippen LogP contribution in [0, 0.1) is 20.8 Å². The minimum absolute atomic E-state index is 0.160. The monoisotopic (exact) mass is 515 g/mol. The lowest BCUT2D eigenvalue weighted by molar-refractivity contribution is 0.175. The first-order valence-electron chi connectivity index (χ1n) is 11.0. The summed E-state index contributed by atoms with van der Waals surface area (Å²) in [6.07, 6.45) is 0.721. The Balaban J connectivity index is 1.83. The summed E-state index contributed by atoms with van der Waals surface area (Å²) in [6, 6.07) is 7.23. The van der Waals surface area contributed by atoms with Gasteiger partial charge in [0.1, 0.15) is 11.3 Å². The van der Waals surface area contributed by atoms with E-state index < -0.39 is 12.4 Å². The number of hydrogen-bond donors (Lipinski definition) is 3. The normalized spacial score (nSPS) is 13.1. The summed E-state index contributed by atoms with van der Waals surface area (Å²) in [6.45, 7) is 11.3. The molecule has 2 aromatic heterocycles. The number of nitrogens with two attached hydrogens (primary N) is 1. The fourth-order valence-corrected chi connectivity index (χ4v) is 3.87. The molecule has 2 heterocycles. The molecule has 3 rings (SSSR count). The highest BCUT2D eigenvalue weighted by atomic mass is 35.5. The second-order valence-electron chi connectivity index (χ2n) is 8.32. The first-order valence-corrected chi connectivity index (χ1v) is 11.7. The number of aliphatic hydroxyl groups is 1. The van der Waals surface area contributed by atoms with E-state index in [9.17, 15) is 9.50 Å². The number of alkyl halides is 1. The Hall–Kier alpha value is -3.00. The molecular weight excluding hydrogens is 488 g/mol. The third-order valence-electron chi connectivity index (χ3n) is 5.69. The van der Waals surface area contributed by atoms with E-state index in [1.807, 2.05) is 32.9 Å². The van der Waals surface area contributed by atoms with Crippen molar-refractivity contribution >= 4 is 40.8 Å². The van der Waals surface area contributed by atoms with Crippen LogP contribution in [0.15, 0.2) is 42.0 Å². The molecule has 0 aliphatic heterocycles. The van der Waals surface area contributed by atoms with Gasteiger partial charge in [-0.3, -0.25) is 4.99 Å². The smallest absolute Gasteiger partial charge is 0.187 e. The molecule has 0 saturated heterocycles. The number of nitrogen functional groups attached to an aromatic ring is 1. The minimum Gasteiger partial charge on any atom is -0.398 e. The van der Waals surface area contributed by atoms with Crippen LogP contribution in [0.2, 0.25) is 10.2 Å². The average molecular weight is 516 g/mol. The maximum Gasteiger partial charge on any atom is 0.187 e. The summed E-state index contributed by atoms with van der Waals surface area (Å²) in [7, 11) is 0. The molecule has 0 saturated carbocycles. The van der Waals surface area contributed by atoms with Crippen molar-refractivity contribution in [3.63, 3.8) is 0 Å². The molecular formula is C26H28Cl2FN5O. The van der Waals surface area contributed by atoms with Crippen molar-refractivity contribution in [1.82, 2.24) is 15.3 Å². The number of pyridine rings is 2. The maximum absolute atomic E-state index is 13.2. The predicted octanol–water partition coefficient (Wildman–Crippen LogP) is 5.99. The van der Waals surface area contributed by atoms with Gasteiger partial charge in [-0.1, -0.05) is 29.8 Å². The molecule has 35 heavy (non-hydrogen) atoms. The highest BCUT2D eigenvalue weighted by Crippen LogP contribution is 2.34. The van der Waals surface area contributed by atoms with Crippen molar-refractivity contribution in [2.24, 2.45) is 4.99 Å². The summed E-state index contributed by atoms with van der Waals surface area (Å²) in [5, 5.41) is 14.6. The van der Waals surface area contributed by atoms with Gasteiger partial charge in [-0.15, -0.1) is 0 Å². The number of benzene rings is 1. The highest BCUT2D eigenvalue weighted by Gasteiger charge is 2.18. The third-order valence-corrected chi connectivity index (χ3v) is 6.46. The quantitative estimate of drug-likeness (QED) is 0.148. The number of nitrogens with zero attached hydrogens (tertiary/aromatic N) is 3. The molecule has 3 aromatic rings. The van der Waals surface area contributed by atoms with E-state index in [1.54, 1.807) is 18.3 Å². The van der Waals surface area contributed by atoms with Gasteiger partial charge in [0.15, 0.2) is 6.30 Å². The van der Waals surface area contributed by atoms with Gasteiger partial charge in [-0.25, -0.2) is 14.4 Å². The first kappa shape index (κ1) is 26.6. The van der Waals surface area contributed by atoms with Crippen molar-refractivity contribution in [3.8, 4) is 11.3 Å². The van der Waals surface area contributed by atoms with Crippen LogP contribution in [0.1, 0.15) is 46.5 Å². The van der Waals surface area contributed by atoms with Crippen LogP contribution in [0.5, 0.6) is 0 Å². The zero-order valence-corrected chi connectivity index (χ0v) is 21.5. The second kappa shape index (κ2) is 11.2. The number of aliphatic hydroxyl groups excluding tert-OH is 1. The molecule has 0 radical (unpaired) electrons. The van der Waals surface area contributed by atoms with Crippen LogP contribution in [-0.4, -0.2) is 34.1 Å². The van der Waals surface area contributed by atoms with E-state index in [1.165, 1.54) is 13.1 Å². The zero-order valence-electron chi connectivity index (χ0n) is 20.0. The zero-order chi connectivity index (χ0) is 25.9. The van der Waals surface area contributed by atoms with E-state index in [2.05, 4.69) is 26.9 Å². The number of anilines is 1. The molecule has 0 spiro atoms. The Bertz CT molecular complexity index is 1290. The van der Waals surface area contributed by atoms with Crippen LogP contribution in [0.25, 0.3) is 17.0 Å². The molecule has 1 aromatic carbocycles. The average Bonchev–Trinajstić information content (AvgIpc) is 2.81. The van der Waals surface area contributed by atoms with Gasteiger partial charge in [0.2, 0.25) is 0 Å². The molecule has 0 amide bonds. The van der Waals surface area contributed by atoms with Gasteiger partial charge in [0.25, 0.3) is 0 Å². The van der Waals surface area contributed by atoms with Gasteiger partial charge < -0.3 is 16.2 Å². The Morgan fingerprint density at radius 3 is 2.66 bits per heavy atom. The lowest BCUT2D eigenvalue weighted by Gasteiger charge is -2.18. The SMILES string of the molecule is C=C(NCC(O)c1cc(C)c(C)c(-c2ccnc(Cl)c2Cl)n1)c1cc(C)c(N)c(/C=N/C(C)F)c1. The molecule has 0 aliphatic rings. The van der Waals surface area contributed by atoms with Gasteiger partial charge in [-0.05, 0) is 74.2 Å². The lowest BCUT2D eigenvalue weighted by atomic mass is 10.0. The number of halogens is 3. The molecule has 0 bridgehead atoms. The molecule has 184 valence electrons. The topological polar surface area (TPSA) is 96.4 Å². The second-order valence-corrected chi connectivity index (χ2v) is 9.06. The van der Waals surface area contributed by atoms with Crippen molar-refractivity contribution < 1.29 is 9.50 Å². The minimum atomic E-state index is -1.33. The molecule has 9 heteroatoms. The van der Waals surface area contributed by atoms with Crippen LogP contribution in [0.3, 0.4) is 0 Å². The number of aliphatic imine (C=N–C) groups is 1. The highest BCUT2D eigenvalue weighted by molar-refractivity contribution is 6.42. The molecule has 2 atom stereocenters. The molecule has 0 aliphatic carbocycles. The van der Waals surface area contributed by atoms with Gasteiger partial charge in [-0.2, -0.15) is 0 Å². The Kier molecular flexibility index (Phi) is 8.48. The number of nitrogens with one attached hydrogen (secondary N) is 1. The van der Waals surface area contributed by atoms with Crippen LogP contribution < -0.4 is 11.1 Å². The van der Waals surface area contributed by atoms with Crippen LogP contribution in [0.4, 0.5) is 10.1 Å². The van der Waals surface area contributed by atoms with Gasteiger partial charge >= 0.3 is 0 Å². The Morgan fingerprint density at radius 1 is 1.26 bits per heavy atom. The van der Waals surface area contributed by atoms with E-state index >= 15 is 0 Å². The molecule has 2 unspecified atom stereocenters. The summed E-state index contributed by atoms with van der Waals surface area (Å²) in [5.74, 6) is 0. The van der Waals surface area contributed by atoms with E-state index in [0.717, 1.165) is 22.3 Å². The van der Waals surface area contributed by atoms with E-state index in [0.29, 0.717) is 38.9 Å². The number of aromatic nitrogens is 2. The fourth-order valence-electron chi connectivity index (χ4n) is 3.51. The van der Waals surface area contributed by atoms with Crippen LogP contribution >= 0.6 is 23.2 Å². The molecule has 0 fully saturated rings. The van der Waals surface area contributed by atoms with Crippen molar-refractivity contribution in [2.75, 3.05) is 12.3 Å². The van der Waals surface area contributed by atoms with Gasteiger partial charge in [0.05, 0.1) is 16.4 Å². The Morgan fingerprint density at radius 2 is 1.97 bits per heavy atom. The Labute approximate surface area is 214 Å². The number of rotatable bonds is 8. The largest absolute Gasteiger partial charge is 0.398 e. The lowest BCUT2D eigenvalue weighted by Crippen LogP contribution is -2.21. The van der Waals surface area contributed by atoms with Crippen molar-refractivity contribution in [2.45, 2.75) is 40.1 Å². The summed E-state index contributed by atoms with van der Waals surface area (Å²) in [5.41, 5.74) is 13.0. The number of aryl methyl sites for hydroxylation is 2.